The Balaban J connectivity index is 1.54. The average molecular weight is 430 g/mol. The molecule has 0 amide bonds. The third kappa shape index (κ3) is 4.23. The molecule has 28 heavy (non-hydrogen) atoms. The number of hydrogen-bond donors (Lipinski definition) is 1. The molecule has 0 N–H and O–H groups in total. The number of fused-ring (bicyclic) bond motifs is 1. The van der Waals surface area contributed by atoms with Crippen molar-refractivity contribution < 1.29 is 13.2 Å². The predicted octanol–water partition coefficient (Wildman–Crippen LogP) is -0.460. The summed E-state index contributed by atoms with van der Waals surface area (Å²) in [6, 6.07) is 0. The van der Waals surface area contributed by atoms with E-state index in [2.05, 4.69) is 19.8 Å². The van der Waals surface area contributed by atoms with Gasteiger partial charge in [-0.25, -0.2) is 13.4 Å². The van der Waals surface area contributed by atoms with Gasteiger partial charge in [-0.3, -0.25) is 9.80 Å². The summed E-state index contributed by atoms with van der Waals surface area (Å²) in [6.45, 7) is 6.55. The van der Waals surface area contributed by atoms with Gasteiger partial charge in [-0.1, -0.05) is 0 Å². The number of halogens is 1. The molecule has 2 aromatic rings. The van der Waals surface area contributed by atoms with Crippen molar-refractivity contribution in [3.8, 4) is 0 Å². The molecule has 2 aliphatic rings. The maximum absolute atomic E-state index is 10.9. The Morgan fingerprint density at radius 2 is 1.68 bits per heavy atom. The molecule has 154 valence electrons. The van der Waals surface area contributed by atoms with Gasteiger partial charge in [-0.05, 0) is 11.6 Å². The summed E-state index contributed by atoms with van der Waals surface area (Å²) in [5.74, 6) is 1.78. The molecular formula is C16H24ClN7O3S. The molecular weight excluding hydrogens is 406 g/mol. The topological polar surface area (TPSA) is 96.7 Å². The van der Waals surface area contributed by atoms with Gasteiger partial charge < -0.3 is 14.2 Å². The Bertz CT molecular complexity index is 913. The minimum atomic E-state index is -2.37. The Hall–Kier alpha value is -1.53. The molecule has 0 bridgehead atoms. The first kappa shape index (κ1) is 19.8. The van der Waals surface area contributed by atoms with E-state index >= 15 is 0 Å². The molecule has 2 saturated heterocycles. The van der Waals surface area contributed by atoms with E-state index in [1.54, 1.807) is 0 Å². The monoisotopic (exact) mass is 429 g/mol. The molecule has 4 heterocycles. The van der Waals surface area contributed by atoms with Crippen molar-refractivity contribution in [2.45, 2.75) is 6.54 Å². The molecule has 0 spiro atoms. The normalized spacial score (nSPS) is 19.8. The number of nitrogens with zero attached hydrogens (tertiary/aromatic N) is 7. The molecule has 4 rings (SSSR count). The van der Waals surface area contributed by atoms with Crippen LogP contribution >= 0.6 is 11.6 Å². The van der Waals surface area contributed by atoms with E-state index in [4.69, 9.17) is 21.3 Å². The highest BCUT2D eigenvalue weighted by Gasteiger charge is 2.23. The smallest absolute Gasteiger partial charge is 0.226 e. The summed E-state index contributed by atoms with van der Waals surface area (Å²) in [5, 5.41) is 0.212. The zero-order chi connectivity index (χ0) is 19.7. The van der Waals surface area contributed by atoms with E-state index in [1.807, 2.05) is 16.5 Å². The number of hydrogen-bond acceptors (Lipinski definition) is 9. The van der Waals surface area contributed by atoms with Gasteiger partial charge in [-0.15, -0.1) is 0 Å². The van der Waals surface area contributed by atoms with Crippen LogP contribution in [-0.2, 0) is 29.0 Å². The van der Waals surface area contributed by atoms with Crippen LogP contribution in [-0.4, -0.2) is 96.1 Å². The lowest BCUT2D eigenvalue weighted by molar-refractivity contribution is 0.122. The number of rotatable bonds is 5. The number of aryl methyl sites for hydroxylation is 1. The van der Waals surface area contributed by atoms with E-state index in [1.165, 1.54) is 0 Å². The van der Waals surface area contributed by atoms with Crippen molar-refractivity contribution in [3.05, 3.63) is 11.1 Å². The second-order valence-electron chi connectivity index (χ2n) is 7.04. The quantitative estimate of drug-likeness (QED) is 0.500. The average Bonchev–Trinajstić information content (AvgIpc) is 2.99. The lowest BCUT2D eigenvalue weighted by atomic mass is 10.3. The molecule has 2 fully saturated rings. The van der Waals surface area contributed by atoms with Gasteiger partial charge in [0.2, 0.25) is 5.28 Å². The Morgan fingerprint density at radius 1 is 1.00 bits per heavy atom. The van der Waals surface area contributed by atoms with Gasteiger partial charge in [0.1, 0.15) is 5.82 Å². The first-order valence-corrected chi connectivity index (χ1v) is 11.0. The van der Waals surface area contributed by atoms with Crippen LogP contribution in [0.5, 0.6) is 0 Å². The van der Waals surface area contributed by atoms with Crippen LogP contribution in [0.25, 0.3) is 11.2 Å². The summed E-state index contributed by atoms with van der Waals surface area (Å²) in [6.07, 6.45) is 0. The number of piperazine rings is 1. The van der Waals surface area contributed by atoms with E-state index in [0.717, 1.165) is 62.1 Å². The molecule has 0 aromatic carbocycles. The molecule has 12 heteroatoms. The Kier molecular flexibility index (Phi) is 5.97. The van der Waals surface area contributed by atoms with Gasteiger partial charge >= 0.3 is 0 Å². The molecule has 10 nitrogen and oxygen atoms in total. The predicted molar refractivity (Wildman–Crippen MR) is 106 cm³/mol. The Morgan fingerprint density at radius 3 is 2.36 bits per heavy atom. The lowest BCUT2D eigenvalue weighted by Gasteiger charge is -2.33. The van der Waals surface area contributed by atoms with E-state index in [9.17, 15) is 8.42 Å². The minimum Gasteiger partial charge on any atom is -0.378 e. The summed E-state index contributed by atoms with van der Waals surface area (Å²) in [4.78, 5) is 20.0. The standard InChI is InChI=1S/C16H24ClN7O3S/c1-21-12(10-22-2-4-23(5-3-22)11-28(25)26)18-13-14(21)19-16(17)20-15(13)24-6-8-27-9-7-24/h28H,2-11H2,1H3. The van der Waals surface area contributed by atoms with E-state index < -0.39 is 10.7 Å². The van der Waals surface area contributed by atoms with Crippen molar-refractivity contribution in [3.63, 3.8) is 0 Å². The van der Waals surface area contributed by atoms with Gasteiger partial charge in [-0.2, -0.15) is 9.97 Å². The fourth-order valence-corrected chi connectivity index (χ4v) is 4.42. The van der Waals surface area contributed by atoms with E-state index in [0.29, 0.717) is 19.8 Å². The Labute approximate surface area is 170 Å². The van der Waals surface area contributed by atoms with Crippen LogP contribution in [0, 0.1) is 0 Å². The van der Waals surface area contributed by atoms with Gasteiger partial charge in [0.05, 0.1) is 25.6 Å². The van der Waals surface area contributed by atoms with Gasteiger partial charge in [0, 0.05) is 46.3 Å². The van der Waals surface area contributed by atoms with Crippen LogP contribution in [0.4, 0.5) is 5.82 Å². The van der Waals surface area contributed by atoms with Crippen LogP contribution in [0.1, 0.15) is 5.82 Å². The number of anilines is 1. The number of ether oxygens (including phenoxy) is 1. The number of imidazole rings is 1. The van der Waals surface area contributed by atoms with Crippen molar-refractivity contribution in [1.82, 2.24) is 29.3 Å². The third-order valence-electron chi connectivity index (χ3n) is 5.22. The van der Waals surface area contributed by atoms with Crippen molar-refractivity contribution >= 4 is 39.3 Å². The zero-order valence-electron chi connectivity index (χ0n) is 15.8. The van der Waals surface area contributed by atoms with Crippen LogP contribution in [0.15, 0.2) is 0 Å². The summed E-state index contributed by atoms with van der Waals surface area (Å²) in [7, 11) is -0.429. The summed E-state index contributed by atoms with van der Waals surface area (Å²) in [5.41, 5.74) is 1.48. The number of aromatic nitrogens is 4. The van der Waals surface area contributed by atoms with Crippen LogP contribution in [0.2, 0.25) is 5.28 Å². The highest BCUT2D eigenvalue weighted by atomic mass is 35.5. The van der Waals surface area contributed by atoms with E-state index in [-0.39, 0.29) is 11.2 Å². The molecule has 2 aliphatic heterocycles. The largest absolute Gasteiger partial charge is 0.378 e. The second kappa shape index (κ2) is 8.46. The van der Waals surface area contributed by atoms with Crippen molar-refractivity contribution in [2.75, 3.05) is 63.3 Å². The van der Waals surface area contributed by atoms with Gasteiger partial charge in [0.15, 0.2) is 27.7 Å². The minimum absolute atomic E-state index is 0.131. The lowest BCUT2D eigenvalue weighted by Crippen LogP contribution is -2.46. The third-order valence-corrected chi connectivity index (χ3v) is 6.02. The second-order valence-corrected chi connectivity index (χ2v) is 8.33. The van der Waals surface area contributed by atoms with Crippen molar-refractivity contribution in [1.29, 1.82) is 0 Å². The highest BCUT2D eigenvalue weighted by molar-refractivity contribution is 7.72. The zero-order valence-corrected chi connectivity index (χ0v) is 17.4. The summed E-state index contributed by atoms with van der Waals surface area (Å²) >= 11 is 6.19. The molecule has 0 saturated carbocycles. The van der Waals surface area contributed by atoms with Crippen LogP contribution < -0.4 is 4.90 Å². The number of thiol groups is 1. The van der Waals surface area contributed by atoms with Crippen molar-refractivity contribution in [2.24, 2.45) is 7.05 Å². The number of morpholine rings is 1. The first-order valence-electron chi connectivity index (χ1n) is 9.29. The van der Waals surface area contributed by atoms with Gasteiger partial charge in [0.25, 0.3) is 0 Å². The highest BCUT2D eigenvalue weighted by Crippen LogP contribution is 2.26. The van der Waals surface area contributed by atoms with Crippen LogP contribution in [0.3, 0.4) is 0 Å². The maximum Gasteiger partial charge on any atom is 0.226 e. The SMILES string of the molecule is Cn1c(CN2CCN(C[SH](=O)=O)CC2)nc2c(N3CCOCC3)nc(Cl)nc21. The molecule has 0 unspecified atom stereocenters. The molecule has 2 aromatic heterocycles. The molecule has 0 aliphatic carbocycles. The molecule has 0 atom stereocenters. The fourth-order valence-electron chi connectivity index (χ4n) is 3.66. The maximum atomic E-state index is 10.9. The molecule has 0 radical (unpaired) electrons. The summed E-state index contributed by atoms with van der Waals surface area (Å²) < 4.78 is 29.2. The fraction of sp³-hybridized carbons (Fsp3) is 0.688. The first-order chi connectivity index (χ1) is 13.5.